The third-order valence-corrected chi connectivity index (χ3v) is 5.16. The number of hydrogen-bond donors (Lipinski definition) is 1. The van der Waals surface area contributed by atoms with E-state index in [1.807, 2.05) is 85.1 Å². The zero-order chi connectivity index (χ0) is 21.1. The highest BCUT2D eigenvalue weighted by molar-refractivity contribution is 5.99. The maximum Gasteiger partial charge on any atom is 0.270 e. The average Bonchev–Trinajstić information content (AvgIpc) is 3.13. The fourth-order valence-electron chi connectivity index (χ4n) is 3.48. The number of aromatic nitrogens is 2. The van der Waals surface area contributed by atoms with E-state index < -0.39 is 0 Å². The van der Waals surface area contributed by atoms with Crippen LogP contribution >= 0.6 is 0 Å². The molecular weight excluding hydrogens is 374 g/mol. The van der Waals surface area contributed by atoms with Gasteiger partial charge in [-0.05, 0) is 49.6 Å². The number of nitrogens with one attached hydrogen (secondary N) is 1. The van der Waals surface area contributed by atoms with Crippen molar-refractivity contribution < 1.29 is 9.53 Å². The van der Waals surface area contributed by atoms with E-state index in [1.165, 1.54) is 5.56 Å². The Bertz CT molecular complexity index is 1180. The number of rotatable bonds is 6. The van der Waals surface area contributed by atoms with Gasteiger partial charge in [-0.15, -0.1) is 0 Å². The summed E-state index contributed by atoms with van der Waals surface area (Å²) in [5.41, 5.74) is 6.34. The summed E-state index contributed by atoms with van der Waals surface area (Å²) >= 11 is 0. The molecule has 5 nitrogen and oxygen atoms in total. The molecule has 0 aliphatic heterocycles. The van der Waals surface area contributed by atoms with Crippen LogP contribution in [0.25, 0.3) is 16.9 Å². The molecule has 0 spiro atoms. The van der Waals surface area contributed by atoms with Gasteiger partial charge in [0.1, 0.15) is 22.8 Å². The van der Waals surface area contributed by atoms with Crippen molar-refractivity contribution in [3.63, 3.8) is 0 Å². The van der Waals surface area contributed by atoms with E-state index in [-0.39, 0.29) is 5.91 Å². The minimum absolute atomic E-state index is 0.128. The summed E-state index contributed by atoms with van der Waals surface area (Å²) in [5, 5.41) is 3.06. The van der Waals surface area contributed by atoms with Crippen LogP contribution in [0, 0.1) is 13.8 Å². The summed E-state index contributed by atoms with van der Waals surface area (Å²) in [4.78, 5) is 17.9. The lowest BCUT2D eigenvalue weighted by Gasteiger charge is -2.09. The minimum Gasteiger partial charge on any atom is -0.497 e. The van der Waals surface area contributed by atoms with Crippen LogP contribution in [0.1, 0.15) is 27.2 Å². The normalized spacial score (nSPS) is 10.9. The van der Waals surface area contributed by atoms with Gasteiger partial charge in [-0.1, -0.05) is 48.0 Å². The fraction of sp³-hybridized carbons (Fsp3) is 0.200. The zero-order valence-electron chi connectivity index (χ0n) is 17.5. The smallest absolute Gasteiger partial charge is 0.270 e. The first-order valence-electron chi connectivity index (χ1n) is 10.0. The lowest BCUT2D eigenvalue weighted by Crippen LogP contribution is -2.27. The van der Waals surface area contributed by atoms with Crippen molar-refractivity contribution in [1.82, 2.24) is 14.7 Å². The Morgan fingerprint density at radius 3 is 2.37 bits per heavy atom. The number of imidazole rings is 1. The summed E-state index contributed by atoms with van der Waals surface area (Å²) in [6.45, 7) is 4.59. The number of carbonyl (C=O) groups is 1. The Balaban J connectivity index is 1.60. The van der Waals surface area contributed by atoms with Gasteiger partial charge in [0.15, 0.2) is 0 Å². The van der Waals surface area contributed by atoms with E-state index >= 15 is 0 Å². The second kappa shape index (κ2) is 8.41. The van der Waals surface area contributed by atoms with E-state index in [1.54, 1.807) is 7.11 Å². The molecule has 1 N–H and O–H groups in total. The second-order valence-corrected chi connectivity index (χ2v) is 7.46. The summed E-state index contributed by atoms with van der Waals surface area (Å²) in [6, 6.07) is 19.9. The van der Waals surface area contributed by atoms with Crippen LogP contribution in [-0.2, 0) is 6.42 Å². The van der Waals surface area contributed by atoms with E-state index in [2.05, 4.69) is 5.32 Å². The van der Waals surface area contributed by atoms with Gasteiger partial charge in [0, 0.05) is 18.3 Å². The Hall–Kier alpha value is -3.60. The molecule has 0 aliphatic rings. The van der Waals surface area contributed by atoms with E-state index in [4.69, 9.17) is 9.72 Å². The summed E-state index contributed by atoms with van der Waals surface area (Å²) < 4.78 is 7.08. The number of ether oxygens (including phenoxy) is 1. The molecule has 0 bridgehead atoms. The van der Waals surface area contributed by atoms with E-state index in [0.717, 1.165) is 34.5 Å². The third-order valence-electron chi connectivity index (χ3n) is 5.16. The Morgan fingerprint density at radius 1 is 0.967 bits per heavy atom. The fourth-order valence-corrected chi connectivity index (χ4v) is 3.48. The quantitative estimate of drug-likeness (QED) is 0.516. The first-order chi connectivity index (χ1) is 14.5. The monoisotopic (exact) mass is 399 g/mol. The molecule has 4 aromatic rings. The maximum absolute atomic E-state index is 13.2. The van der Waals surface area contributed by atoms with Crippen LogP contribution < -0.4 is 10.1 Å². The van der Waals surface area contributed by atoms with Crippen LogP contribution in [0.3, 0.4) is 0 Å². The Labute approximate surface area is 176 Å². The van der Waals surface area contributed by atoms with Crippen LogP contribution in [-0.4, -0.2) is 28.9 Å². The molecule has 2 aromatic heterocycles. The van der Waals surface area contributed by atoms with Gasteiger partial charge in [0.2, 0.25) is 0 Å². The van der Waals surface area contributed by atoms with Gasteiger partial charge >= 0.3 is 0 Å². The molecule has 0 fully saturated rings. The topological polar surface area (TPSA) is 55.6 Å². The first-order valence-corrected chi connectivity index (χ1v) is 10.0. The first kappa shape index (κ1) is 19.7. The highest BCUT2D eigenvalue weighted by Gasteiger charge is 2.20. The Morgan fingerprint density at radius 2 is 1.67 bits per heavy atom. The summed E-state index contributed by atoms with van der Waals surface area (Å²) in [5.74, 6) is 0.698. The van der Waals surface area contributed by atoms with Crippen molar-refractivity contribution in [3.8, 4) is 17.0 Å². The molecule has 152 valence electrons. The SMILES string of the molecule is COc1ccc(CCNC(=O)c2c(-c3ccc(C)cc3)nc3ccc(C)cn23)cc1. The molecule has 0 saturated heterocycles. The van der Waals surface area contributed by atoms with Crippen LogP contribution in [0.5, 0.6) is 5.75 Å². The van der Waals surface area contributed by atoms with Gasteiger partial charge in [-0.25, -0.2) is 4.98 Å². The molecule has 30 heavy (non-hydrogen) atoms. The van der Waals surface area contributed by atoms with Crippen LogP contribution in [0.2, 0.25) is 0 Å². The number of benzene rings is 2. The van der Waals surface area contributed by atoms with Gasteiger partial charge in [0.25, 0.3) is 5.91 Å². The molecule has 0 unspecified atom stereocenters. The number of hydrogen-bond acceptors (Lipinski definition) is 3. The molecule has 0 aliphatic carbocycles. The number of nitrogens with zero attached hydrogens (tertiary/aromatic N) is 2. The molecular formula is C25H25N3O2. The Kier molecular flexibility index (Phi) is 5.53. The number of methoxy groups -OCH3 is 1. The summed E-state index contributed by atoms with van der Waals surface area (Å²) in [6.07, 6.45) is 2.70. The minimum atomic E-state index is -0.128. The lowest BCUT2D eigenvalue weighted by atomic mass is 10.1. The maximum atomic E-state index is 13.2. The van der Waals surface area contributed by atoms with E-state index in [0.29, 0.717) is 17.9 Å². The molecule has 5 heteroatoms. The largest absolute Gasteiger partial charge is 0.497 e. The van der Waals surface area contributed by atoms with Crippen molar-refractivity contribution >= 4 is 11.6 Å². The number of amides is 1. The van der Waals surface area contributed by atoms with Crippen molar-refractivity contribution in [2.45, 2.75) is 20.3 Å². The van der Waals surface area contributed by atoms with Gasteiger partial charge in [-0.3, -0.25) is 9.20 Å². The van der Waals surface area contributed by atoms with Crippen molar-refractivity contribution in [1.29, 1.82) is 0 Å². The van der Waals surface area contributed by atoms with Crippen molar-refractivity contribution in [3.05, 3.63) is 89.2 Å². The zero-order valence-corrected chi connectivity index (χ0v) is 17.5. The summed E-state index contributed by atoms with van der Waals surface area (Å²) in [7, 11) is 1.65. The number of pyridine rings is 1. The van der Waals surface area contributed by atoms with Crippen LogP contribution in [0.15, 0.2) is 66.9 Å². The van der Waals surface area contributed by atoms with E-state index in [9.17, 15) is 4.79 Å². The predicted octanol–water partition coefficient (Wildman–Crippen LogP) is 4.60. The van der Waals surface area contributed by atoms with Gasteiger partial charge in [0.05, 0.1) is 7.11 Å². The molecule has 1 amide bonds. The van der Waals surface area contributed by atoms with Gasteiger partial charge in [-0.2, -0.15) is 0 Å². The molecule has 0 radical (unpaired) electrons. The highest BCUT2D eigenvalue weighted by Crippen LogP contribution is 2.25. The number of carbonyl (C=O) groups excluding carboxylic acids is 1. The number of aryl methyl sites for hydroxylation is 2. The standard InChI is InChI=1S/C25H25N3O2/c1-17-4-9-20(10-5-17)23-24(28-16-18(2)6-13-22(28)27-23)25(29)26-15-14-19-7-11-21(30-3)12-8-19/h4-13,16H,14-15H2,1-3H3,(H,26,29). The lowest BCUT2D eigenvalue weighted by molar-refractivity contribution is 0.0949. The third kappa shape index (κ3) is 4.06. The number of fused-ring (bicyclic) bond motifs is 1. The second-order valence-electron chi connectivity index (χ2n) is 7.46. The van der Waals surface area contributed by atoms with Crippen LogP contribution in [0.4, 0.5) is 0 Å². The molecule has 2 aromatic carbocycles. The van der Waals surface area contributed by atoms with Gasteiger partial charge < -0.3 is 10.1 Å². The molecule has 0 saturated carbocycles. The molecule has 4 rings (SSSR count). The average molecular weight is 399 g/mol. The molecule has 2 heterocycles. The van der Waals surface area contributed by atoms with Crippen molar-refractivity contribution in [2.24, 2.45) is 0 Å². The highest BCUT2D eigenvalue weighted by atomic mass is 16.5. The van der Waals surface area contributed by atoms with Crippen molar-refractivity contribution in [2.75, 3.05) is 13.7 Å². The molecule has 0 atom stereocenters. The predicted molar refractivity (Wildman–Crippen MR) is 119 cm³/mol.